The fraction of sp³-hybridized carbons (Fsp3) is 0.368. The summed E-state index contributed by atoms with van der Waals surface area (Å²) in [4.78, 5) is 18.5. The van der Waals surface area contributed by atoms with Crippen LogP contribution >= 0.6 is 11.6 Å². The third kappa shape index (κ3) is 4.59. The van der Waals surface area contributed by atoms with Gasteiger partial charge in [-0.2, -0.15) is 0 Å². The molecule has 6 nitrogen and oxygen atoms in total. The van der Waals surface area contributed by atoms with Gasteiger partial charge in [-0.25, -0.2) is 8.42 Å². The van der Waals surface area contributed by atoms with Crippen LogP contribution in [-0.4, -0.2) is 44.4 Å². The van der Waals surface area contributed by atoms with Crippen LogP contribution < -0.4 is 4.74 Å². The molecule has 0 aliphatic carbocycles. The Bertz CT molecular complexity index is 940. The third-order valence-electron chi connectivity index (χ3n) is 4.50. The minimum absolute atomic E-state index is 0.0188. The maximum atomic E-state index is 12.9. The van der Waals surface area contributed by atoms with E-state index in [1.54, 1.807) is 17.0 Å². The monoisotopic (exact) mass is 408 g/mol. The number of likely N-dealkylation sites (tertiary alicyclic amines) is 1. The maximum Gasteiger partial charge on any atom is 0.255 e. The number of pyridine rings is 1. The second-order valence-electron chi connectivity index (χ2n) is 6.49. The molecule has 144 valence electrons. The van der Waals surface area contributed by atoms with Crippen LogP contribution in [-0.2, 0) is 15.6 Å². The van der Waals surface area contributed by atoms with Crippen molar-refractivity contribution in [2.75, 3.05) is 20.2 Å². The number of ether oxygens (including phenoxy) is 1. The predicted octanol–water partition coefficient (Wildman–Crippen LogP) is 3.34. The molecular formula is C19H21ClN2O4S. The van der Waals surface area contributed by atoms with Gasteiger partial charge in [-0.05, 0) is 49.1 Å². The van der Waals surface area contributed by atoms with E-state index >= 15 is 0 Å². The van der Waals surface area contributed by atoms with E-state index in [0.29, 0.717) is 16.1 Å². The van der Waals surface area contributed by atoms with E-state index in [4.69, 9.17) is 16.3 Å². The second kappa shape index (κ2) is 8.27. The summed E-state index contributed by atoms with van der Waals surface area (Å²) < 4.78 is 30.9. The molecule has 2 aromatic rings. The van der Waals surface area contributed by atoms with E-state index in [-0.39, 0.29) is 22.3 Å². The molecule has 8 heteroatoms. The number of aromatic nitrogens is 1. The van der Waals surface area contributed by atoms with Crippen molar-refractivity contribution >= 4 is 27.3 Å². The van der Waals surface area contributed by atoms with Crippen LogP contribution in [0.2, 0.25) is 5.02 Å². The molecule has 1 fully saturated rings. The Labute approximate surface area is 164 Å². The topological polar surface area (TPSA) is 76.6 Å². The Kier molecular flexibility index (Phi) is 6.01. The summed E-state index contributed by atoms with van der Waals surface area (Å²) in [7, 11) is -2.32. The van der Waals surface area contributed by atoms with E-state index in [9.17, 15) is 13.2 Å². The molecule has 0 radical (unpaired) electrons. The Morgan fingerprint density at radius 1 is 1.19 bits per heavy atom. The molecule has 0 unspecified atom stereocenters. The van der Waals surface area contributed by atoms with Crippen molar-refractivity contribution in [1.29, 1.82) is 0 Å². The number of halogens is 1. The SMILES string of the molecule is COc1ccc(Cl)cc1S(=O)(=O)Cc1cncc(C(=O)N2CCCCC2)c1. The summed E-state index contributed by atoms with van der Waals surface area (Å²) in [5, 5.41) is 0.307. The Morgan fingerprint density at radius 3 is 2.63 bits per heavy atom. The number of carbonyl (C=O) groups excluding carboxylic acids is 1. The van der Waals surface area contributed by atoms with Crippen LogP contribution in [0, 0.1) is 0 Å². The number of methoxy groups -OCH3 is 1. The Hall–Kier alpha value is -2.12. The van der Waals surface area contributed by atoms with Gasteiger partial charge in [0.25, 0.3) is 5.91 Å². The standard InChI is InChI=1S/C19H21ClN2O4S/c1-26-17-6-5-16(20)10-18(17)27(24,25)13-14-9-15(12-21-11-14)19(23)22-7-3-2-4-8-22/h5-6,9-12H,2-4,7-8,13H2,1H3. The smallest absolute Gasteiger partial charge is 0.255 e. The lowest BCUT2D eigenvalue weighted by Gasteiger charge is -2.26. The highest BCUT2D eigenvalue weighted by atomic mass is 35.5. The summed E-state index contributed by atoms with van der Waals surface area (Å²) >= 11 is 5.95. The molecule has 1 aromatic heterocycles. The van der Waals surface area contributed by atoms with Crippen molar-refractivity contribution < 1.29 is 17.9 Å². The molecule has 0 saturated carbocycles. The molecule has 0 atom stereocenters. The lowest BCUT2D eigenvalue weighted by atomic mass is 10.1. The zero-order chi connectivity index (χ0) is 19.4. The first kappa shape index (κ1) is 19.6. The van der Waals surface area contributed by atoms with E-state index in [1.165, 1.54) is 31.6 Å². The average Bonchev–Trinajstić information content (AvgIpc) is 2.68. The number of sulfone groups is 1. The molecule has 1 aliphatic heterocycles. The molecule has 0 bridgehead atoms. The van der Waals surface area contributed by atoms with Crippen LogP contribution in [0.25, 0.3) is 0 Å². The van der Waals surface area contributed by atoms with Crippen molar-refractivity contribution in [1.82, 2.24) is 9.88 Å². The molecule has 0 spiro atoms. The number of rotatable bonds is 5. The fourth-order valence-corrected chi connectivity index (χ4v) is 4.91. The largest absolute Gasteiger partial charge is 0.495 e. The van der Waals surface area contributed by atoms with Gasteiger partial charge in [-0.1, -0.05) is 11.6 Å². The van der Waals surface area contributed by atoms with E-state index < -0.39 is 9.84 Å². The van der Waals surface area contributed by atoms with Gasteiger partial charge < -0.3 is 9.64 Å². The van der Waals surface area contributed by atoms with Crippen molar-refractivity contribution in [3.63, 3.8) is 0 Å². The highest BCUT2D eigenvalue weighted by molar-refractivity contribution is 7.90. The summed E-state index contributed by atoms with van der Waals surface area (Å²) in [5.41, 5.74) is 0.850. The molecule has 1 aromatic carbocycles. The number of benzene rings is 1. The van der Waals surface area contributed by atoms with Crippen molar-refractivity contribution in [3.8, 4) is 5.75 Å². The summed E-state index contributed by atoms with van der Waals surface area (Å²) in [6.07, 6.45) is 6.04. The number of amides is 1. The van der Waals surface area contributed by atoms with Gasteiger partial charge in [-0.3, -0.25) is 9.78 Å². The maximum absolute atomic E-state index is 12.9. The van der Waals surface area contributed by atoms with E-state index in [0.717, 1.165) is 32.4 Å². The predicted molar refractivity (Wildman–Crippen MR) is 103 cm³/mol. The summed E-state index contributed by atoms with van der Waals surface area (Å²) in [6, 6.07) is 6.05. The minimum atomic E-state index is -3.72. The van der Waals surface area contributed by atoms with E-state index in [1.807, 2.05) is 0 Å². The lowest BCUT2D eigenvalue weighted by molar-refractivity contribution is 0.0724. The van der Waals surface area contributed by atoms with Gasteiger partial charge in [0.2, 0.25) is 0 Å². The molecule has 3 rings (SSSR count). The molecule has 1 aliphatic rings. The number of piperidine rings is 1. The number of carbonyl (C=O) groups is 1. The minimum Gasteiger partial charge on any atom is -0.495 e. The van der Waals surface area contributed by atoms with Gasteiger partial charge >= 0.3 is 0 Å². The van der Waals surface area contributed by atoms with Gasteiger partial charge in [-0.15, -0.1) is 0 Å². The van der Waals surface area contributed by atoms with Gasteiger partial charge in [0, 0.05) is 30.5 Å². The first-order valence-corrected chi connectivity index (χ1v) is 10.7. The molecule has 1 amide bonds. The van der Waals surface area contributed by atoms with Gasteiger partial charge in [0.05, 0.1) is 18.4 Å². The van der Waals surface area contributed by atoms with Crippen LogP contribution in [0.15, 0.2) is 41.6 Å². The fourth-order valence-electron chi connectivity index (χ4n) is 3.15. The number of hydrogen-bond acceptors (Lipinski definition) is 5. The Balaban J connectivity index is 1.85. The normalized spacial score (nSPS) is 14.8. The molecule has 0 N–H and O–H groups in total. The second-order valence-corrected chi connectivity index (χ2v) is 8.88. The molecule has 27 heavy (non-hydrogen) atoms. The lowest BCUT2D eigenvalue weighted by Crippen LogP contribution is -2.35. The third-order valence-corrected chi connectivity index (χ3v) is 6.44. The highest BCUT2D eigenvalue weighted by Gasteiger charge is 2.23. The van der Waals surface area contributed by atoms with Gasteiger partial charge in [0.15, 0.2) is 9.84 Å². The summed E-state index contributed by atoms with van der Waals surface area (Å²) in [6.45, 7) is 1.45. The van der Waals surface area contributed by atoms with E-state index in [2.05, 4.69) is 4.98 Å². The van der Waals surface area contributed by atoms with Crippen molar-refractivity contribution in [2.24, 2.45) is 0 Å². The molecular weight excluding hydrogens is 388 g/mol. The molecule has 1 saturated heterocycles. The highest BCUT2D eigenvalue weighted by Crippen LogP contribution is 2.29. The Morgan fingerprint density at radius 2 is 1.93 bits per heavy atom. The zero-order valence-corrected chi connectivity index (χ0v) is 16.6. The van der Waals surface area contributed by atoms with Crippen molar-refractivity contribution in [3.05, 3.63) is 52.8 Å². The van der Waals surface area contributed by atoms with Crippen LogP contribution in [0.1, 0.15) is 35.2 Å². The van der Waals surface area contributed by atoms with Crippen LogP contribution in [0.3, 0.4) is 0 Å². The zero-order valence-electron chi connectivity index (χ0n) is 15.0. The first-order chi connectivity index (χ1) is 12.9. The summed E-state index contributed by atoms with van der Waals surface area (Å²) in [5.74, 6) is -0.174. The van der Waals surface area contributed by atoms with Crippen LogP contribution in [0.4, 0.5) is 0 Å². The van der Waals surface area contributed by atoms with Crippen LogP contribution in [0.5, 0.6) is 5.75 Å². The number of hydrogen-bond donors (Lipinski definition) is 0. The average molecular weight is 409 g/mol. The number of nitrogens with zero attached hydrogens (tertiary/aromatic N) is 2. The first-order valence-electron chi connectivity index (χ1n) is 8.70. The van der Waals surface area contributed by atoms with Gasteiger partial charge in [0.1, 0.15) is 10.6 Å². The van der Waals surface area contributed by atoms with Crippen molar-refractivity contribution in [2.45, 2.75) is 29.9 Å². The quantitative estimate of drug-likeness (QED) is 0.758. The molecule has 2 heterocycles.